The van der Waals surface area contributed by atoms with Crippen molar-refractivity contribution in [3.63, 3.8) is 0 Å². The molecule has 5 heteroatoms. The van der Waals surface area contributed by atoms with Crippen molar-refractivity contribution in [1.29, 1.82) is 0 Å². The summed E-state index contributed by atoms with van der Waals surface area (Å²) in [7, 11) is 0. The van der Waals surface area contributed by atoms with Crippen LogP contribution in [0, 0.1) is 17.3 Å². The summed E-state index contributed by atoms with van der Waals surface area (Å²) >= 11 is 0. The Bertz CT molecular complexity index is 705. The normalized spacial score (nSPS) is 36.6. The minimum atomic E-state index is -1.000. The van der Waals surface area contributed by atoms with Gasteiger partial charge in [0.15, 0.2) is 0 Å². The van der Waals surface area contributed by atoms with Crippen molar-refractivity contribution in [2.45, 2.75) is 63.5 Å². The third-order valence-electron chi connectivity index (χ3n) is 7.37. The molecule has 0 saturated heterocycles. The minimum Gasteiger partial charge on any atom is -0.425 e. The molecule has 4 rings (SSSR count). The van der Waals surface area contributed by atoms with Gasteiger partial charge in [-0.25, -0.2) is 4.79 Å². The molecular formula is C21H29NO4. The lowest BCUT2D eigenvalue weighted by molar-refractivity contribution is -0.136. The molecule has 4 N–H and O–H groups in total. The van der Waals surface area contributed by atoms with Crippen LogP contribution in [-0.2, 0) is 11.2 Å². The highest BCUT2D eigenvalue weighted by molar-refractivity contribution is 5.78. The third-order valence-corrected chi connectivity index (χ3v) is 7.37. The van der Waals surface area contributed by atoms with Crippen LogP contribution in [0.3, 0.4) is 0 Å². The Balaban J connectivity index is 1.55. The predicted octanol–water partition coefficient (Wildman–Crippen LogP) is 2.13. The first kappa shape index (κ1) is 18.0. The molecule has 2 fully saturated rings. The average molecular weight is 359 g/mol. The largest absolute Gasteiger partial charge is 0.425 e. The molecule has 1 aromatic rings. The maximum atomic E-state index is 11.8. The van der Waals surface area contributed by atoms with Gasteiger partial charge in [-0.1, -0.05) is 13.0 Å². The fourth-order valence-electron chi connectivity index (χ4n) is 5.86. The Morgan fingerprint density at radius 3 is 2.92 bits per heavy atom. The molecule has 0 aromatic heterocycles. The van der Waals surface area contributed by atoms with Crippen molar-refractivity contribution in [2.24, 2.45) is 23.0 Å². The van der Waals surface area contributed by atoms with Crippen LogP contribution in [0.2, 0.25) is 0 Å². The molecule has 3 aliphatic rings. The van der Waals surface area contributed by atoms with E-state index in [9.17, 15) is 9.90 Å². The fraction of sp³-hybridized carbons (Fsp3) is 0.667. The van der Waals surface area contributed by atoms with Crippen LogP contribution in [-0.4, -0.2) is 34.9 Å². The summed E-state index contributed by atoms with van der Waals surface area (Å²) in [5, 5.41) is 19.5. The molecular weight excluding hydrogens is 330 g/mol. The SMILES string of the molecule is C[C@]12CCC3c4ccc(OC(=O)[C@H](N)CO)cc4CCC3C1CC[C@@H]2O. The quantitative estimate of drug-likeness (QED) is 0.568. The molecule has 0 radical (unpaired) electrons. The number of hydrogen-bond acceptors (Lipinski definition) is 5. The number of hydrogen-bond donors (Lipinski definition) is 3. The summed E-state index contributed by atoms with van der Waals surface area (Å²) in [6, 6.07) is 4.92. The Hall–Kier alpha value is -1.43. The van der Waals surface area contributed by atoms with Gasteiger partial charge in [0.05, 0.1) is 12.7 Å². The van der Waals surface area contributed by atoms with Crippen molar-refractivity contribution in [3.05, 3.63) is 29.3 Å². The van der Waals surface area contributed by atoms with Gasteiger partial charge in [-0.15, -0.1) is 0 Å². The molecule has 0 spiro atoms. The van der Waals surface area contributed by atoms with Crippen molar-refractivity contribution in [3.8, 4) is 5.75 Å². The molecule has 1 aromatic carbocycles. The van der Waals surface area contributed by atoms with Crippen molar-refractivity contribution in [2.75, 3.05) is 6.61 Å². The Labute approximate surface area is 154 Å². The molecule has 142 valence electrons. The van der Waals surface area contributed by atoms with E-state index in [1.165, 1.54) is 11.1 Å². The van der Waals surface area contributed by atoms with Crippen molar-refractivity contribution in [1.82, 2.24) is 0 Å². The fourth-order valence-corrected chi connectivity index (χ4v) is 5.86. The molecule has 0 heterocycles. The summed E-state index contributed by atoms with van der Waals surface area (Å²) in [6.07, 6.45) is 6.26. The number of esters is 1. The van der Waals surface area contributed by atoms with E-state index in [-0.39, 0.29) is 11.5 Å². The minimum absolute atomic E-state index is 0.0918. The number of nitrogens with two attached hydrogens (primary N) is 1. The molecule has 2 saturated carbocycles. The van der Waals surface area contributed by atoms with E-state index in [1.54, 1.807) is 0 Å². The van der Waals surface area contributed by atoms with Gasteiger partial charge in [0.1, 0.15) is 11.8 Å². The smallest absolute Gasteiger partial charge is 0.330 e. The summed E-state index contributed by atoms with van der Waals surface area (Å²) in [5.74, 6) is 1.72. The van der Waals surface area contributed by atoms with E-state index >= 15 is 0 Å². The van der Waals surface area contributed by atoms with E-state index in [0.29, 0.717) is 23.5 Å². The molecule has 3 aliphatic carbocycles. The van der Waals surface area contributed by atoms with Crippen LogP contribution in [0.15, 0.2) is 18.2 Å². The number of aliphatic hydroxyl groups excluding tert-OH is 2. The lowest BCUT2D eigenvalue weighted by Gasteiger charge is -2.50. The van der Waals surface area contributed by atoms with E-state index in [0.717, 1.165) is 38.5 Å². The van der Waals surface area contributed by atoms with Gasteiger partial charge in [-0.05, 0) is 85.0 Å². The number of fused-ring (bicyclic) bond motifs is 5. The highest BCUT2D eigenvalue weighted by atomic mass is 16.5. The molecule has 0 aliphatic heterocycles. The van der Waals surface area contributed by atoms with Crippen LogP contribution < -0.4 is 10.5 Å². The summed E-state index contributed by atoms with van der Waals surface area (Å²) < 4.78 is 5.31. The highest BCUT2D eigenvalue weighted by Crippen LogP contribution is 2.60. The van der Waals surface area contributed by atoms with E-state index in [1.807, 2.05) is 12.1 Å². The number of carbonyl (C=O) groups is 1. The zero-order valence-electron chi connectivity index (χ0n) is 15.4. The first-order chi connectivity index (χ1) is 12.4. The number of benzene rings is 1. The van der Waals surface area contributed by atoms with Gasteiger partial charge >= 0.3 is 5.97 Å². The highest BCUT2D eigenvalue weighted by Gasteiger charge is 2.54. The maximum Gasteiger partial charge on any atom is 0.330 e. The first-order valence-electron chi connectivity index (χ1n) is 9.83. The van der Waals surface area contributed by atoms with E-state index < -0.39 is 18.6 Å². The molecule has 5 nitrogen and oxygen atoms in total. The summed E-state index contributed by atoms with van der Waals surface area (Å²) in [5.41, 5.74) is 8.26. The van der Waals surface area contributed by atoms with Gasteiger partial charge in [-0.2, -0.15) is 0 Å². The average Bonchev–Trinajstić information content (AvgIpc) is 2.95. The first-order valence-corrected chi connectivity index (χ1v) is 9.83. The number of rotatable bonds is 3. The van der Waals surface area contributed by atoms with Crippen LogP contribution in [0.1, 0.15) is 56.1 Å². The van der Waals surface area contributed by atoms with Crippen molar-refractivity contribution >= 4 is 5.97 Å². The lowest BCUT2D eigenvalue weighted by Crippen LogP contribution is -2.43. The van der Waals surface area contributed by atoms with Crippen LogP contribution in [0.4, 0.5) is 0 Å². The Morgan fingerprint density at radius 2 is 2.15 bits per heavy atom. The number of carbonyl (C=O) groups excluding carboxylic acids is 1. The number of aliphatic hydroxyl groups is 2. The molecule has 6 atom stereocenters. The molecule has 3 unspecified atom stereocenters. The molecule has 0 bridgehead atoms. The standard InChI is InChI=1S/C21H29NO4/c1-21-9-8-15-14-5-3-13(26-20(25)18(22)11-23)10-12(14)2-4-16(15)17(21)6-7-19(21)24/h3,5,10,15-19,23-24H,2,4,6-9,11,22H2,1H3/t15?,16?,17?,18-,19+,21+/m1/s1. The summed E-state index contributed by atoms with van der Waals surface area (Å²) in [4.78, 5) is 11.8. The number of aryl methyl sites for hydroxylation is 1. The third kappa shape index (κ3) is 2.77. The maximum absolute atomic E-state index is 11.8. The molecule has 0 amide bonds. The van der Waals surface area contributed by atoms with Gasteiger partial charge in [0.25, 0.3) is 0 Å². The van der Waals surface area contributed by atoms with Gasteiger partial charge < -0.3 is 20.7 Å². The topological polar surface area (TPSA) is 92.8 Å². The zero-order chi connectivity index (χ0) is 18.5. The van der Waals surface area contributed by atoms with Crippen LogP contribution in [0.5, 0.6) is 5.75 Å². The predicted molar refractivity (Wildman–Crippen MR) is 97.8 cm³/mol. The second-order valence-corrected chi connectivity index (χ2v) is 8.62. The summed E-state index contributed by atoms with van der Waals surface area (Å²) in [6.45, 7) is 1.87. The van der Waals surface area contributed by atoms with Gasteiger partial charge in [0, 0.05) is 0 Å². The van der Waals surface area contributed by atoms with Crippen LogP contribution >= 0.6 is 0 Å². The van der Waals surface area contributed by atoms with Gasteiger partial charge in [-0.3, -0.25) is 0 Å². The van der Waals surface area contributed by atoms with Crippen LogP contribution in [0.25, 0.3) is 0 Å². The van der Waals surface area contributed by atoms with Crippen molar-refractivity contribution < 1.29 is 19.7 Å². The lowest BCUT2D eigenvalue weighted by atomic mass is 9.55. The Kier molecular flexibility index (Phi) is 4.58. The number of ether oxygens (including phenoxy) is 1. The zero-order valence-corrected chi connectivity index (χ0v) is 15.4. The second-order valence-electron chi connectivity index (χ2n) is 8.62. The van der Waals surface area contributed by atoms with E-state index in [4.69, 9.17) is 15.6 Å². The molecule has 26 heavy (non-hydrogen) atoms. The second kappa shape index (κ2) is 6.63. The monoisotopic (exact) mass is 359 g/mol. The van der Waals surface area contributed by atoms with Gasteiger partial charge in [0.2, 0.25) is 0 Å². The Morgan fingerprint density at radius 1 is 1.35 bits per heavy atom. The van der Waals surface area contributed by atoms with E-state index in [2.05, 4.69) is 13.0 Å².